The van der Waals surface area contributed by atoms with Gasteiger partial charge in [-0.2, -0.15) is 0 Å². The lowest BCUT2D eigenvalue weighted by atomic mass is 9.94. The van der Waals surface area contributed by atoms with Crippen LogP contribution >= 0.6 is 0 Å². The van der Waals surface area contributed by atoms with E-state index >= 15 is 0 Å². The molecule has 1 unspecified atom stereocenters. The van der Waals surface area contributed by atoms with Crippen LogP contribution in [0.1, 0.15) is 90.9 Å². The maximum atomic E-state index is 11.0. The number of carbonyl (C=O) groups excluding carboxylic acids is 1. The van der Waals surface area contributed by atoms with Crippen LogP contribution in [0.5, 0.6) is 0 Å². The Kier molecular flexibility index (Phi) is 12.5. The van der Waals surface area contributed by atoms with Crippen molar-refractivity contribution in [1.29, 1.82) is 0 Å². The number of hydrogen-bond acceptors (Lipinski definition) is 1. The number of unbranched alkanes of at least 4 members (excludes halogenated alkanes) is 8. The zero-order valence-corrected chi connectivity index (χ0v) is 12.4. The van der Waals surface area contributed by atoms with Gasteiger partial charge in [-0.1, -0.05) is 78.1 Å². The van der Waals surface area contributed by atoms with E-state index in [1.54, 1.807) is 0 Å². The van der Waals surface area contributed by atoms with Crippen molar-refractivity contribution >= 4 is 5.97 Å². The Morgan fingerprint density at radius 3 is 1.56 bits per heavy atom. The highest BCUT2D eigenvalue weighted by molar-refractivity contribution is 5.69. The van der Waals surface area contributed by atoms with Crippen molar-refractivity contribution in [3.8, 4) is 0 Å². The van der Waals surface area contributed by atoms with Crippen LogP contribution < -0.4 is 0 Å². The van der Waals surface area contributed by atoms with Gasteiger partial charge in [0.1, 0.15) is 0 Å². The summed E-state index contributed by atoms with van der Waals surface area (Å²) in [7, 11) is 0. The number of carbonyl (C=O) groups is 1. The molecule has 0 aliphatic rings. The molecular formula is C16H31O2. The van der Waals surface area contributed by atoms with Gasteiger partial charge in [0.25, 0.3) is 0 Å². The highest BCUT2D eigenvalue weighted by Crippen LogP contribution is 2.19. The molecule has 0 rings (SSSR count). The largest absolute Gasteiger partial charge is 0.358 e. The van der Waals surface area contributed by atoms with E-state index in [0.717, 1.165) is 32.1 Å². The lowest BCUT2D eigenvalue weighted by molar-refractivity contribution is -0.148. The first kappa shape index (κ1) is 17.5. The van der Waals surface area contributed by atoms with E-state index in [0.29, 0.717) is 0 Å². The van der Waals surface area contributed by atoms with Gasteiger partial charge in [-0.15, -0.1) is 0 Å². The fourth-order valence-corrected chi connectivity index (χ4v) is 2.37. The Morgan fingerprint density at radius 1 is 0.722 bits per heavy atom. The normalized spacial score (nSPS) is 12.6. The molecule has 0 aliphatic heterocycles. The first-order chi connectivity index (χ1) is 8.72. The van der Waals surface area contributed by atoms with E-state index in [2.05, 4.69) is 13.8 Å². The molecule has 0 saturated carbocycles. The fourth-order valence-electron chi connectivity index (χ4n) is 2.37. The molecule has 0 N–H and O–H groups in total. The summed E-state index contributed by atoms with van der Waals surface area (Å²) in [6.45, 7) is 4.38. The first-order valence-corrected chi connectivity index (χ1v) is 7.93. The maximum absolute atomic E-state index is 11.0. The summed E-state index contributed by atoms with van der Waals surface area (Å²) in [5, 5.41) is 11.0. The van der Waals surface area contributed by atoms with Crippen LogP contribution in [0.3, 0.4) is 0 Å². The van der Waals surface area contributed by atoms with Gasteiger partial charge < -0.3 is 0 Å². The van der Waals surface area contributed by atoms with Crippen LogP contribution in [-0.4, -0.2) is 5.97 Å². The van der Waals surface area contributed by atoms with Crippen LogP contribution in [0.2, 0.25) is 0 Å². The average molecular weight is 255 g/mol. The van der Waals surface area contributed by atoms with E-state index in [1.165, 1.54) is 44.9 Å². The SMILES string of the molecule is CCCCCCCCC(CCCCCC)C([O])=O. The van der Waals surface area contributed by atoms with Crippen LogP contribution in [0.25, 0.3) is 0 Å². The minimum atomic E-state index is -0.833. The highest BCUT2D eigenvalue weighted by atomic mass is 16.4. The standard InChI is InChI=1S/C16H31O2/c1-3-5-7-9-10-12-14-15(16(17)18)13-11-8-6-4-2/h15H,3-14H2,1-2H3. The average Bonchev–Trinajstić information content (AvgIpc) is 2.35. The third kappa shape index (κ3) is 10.6. The van der Waals surface area contributed by atoms with Crippen LogP contribution in [-0.2, 0) is 9.90 Å². The topological polar surface area (TPSA) is 37.0 Å². The van der Waals surface area contributed by atoms with Crippen LogP contribution in [0.4, 0.5) is 0 Å². The smallest absolute Gasteiger partial charge is 0.247 e. The summed E-state index contributed by atoms with van der Waals surface area (Å²) < 4.78 is 0. The Labute approximate surface area is 113 Å². The van der Waals surface area contributed by atoms with Gasteiger partial charge >= 0.3 is 5.97 Å². The van der Waals surface area contributed by atoms with Crippen molar-refractivity contribution in [2.24, 2.45) is 5.92 Å². The quantitative estimate of drug-likeness (QED) is 0.412. The molecule has 2 heteroatoms. The van der Waals surface area contributed by atoms with Crippen molar-refractivity contribution in [3.05, 3.63) is 0 Å². The van der Waals surface area contributed by atoms with Gasteiger partial charge in [0, 0.05) is 0 Å². The molecule has 0 amide bonds. The molecule has 2 nitrogen and oxygen atoms in total. The van der Waals surface area contributed by atoms with Gasteiger partial charge in [-0.3, -0.25) is 0 Å². The van der Waals surface area contributed by atoms with E-state index < -0.39 is 5.97 Å². The molecule has 18 heavy (non-hydrogen) atoms. The molecule has 0 aromatic heterocycles. The summed E-state index contributed by atoms with van der Waals surface area (Å²) >= 11 is 0. The van der Waals surface area contributed by atoms with Crippen LogP contribution in [0.15, 0.2) is 0 Å². The van der Waals surface area contributed by atoms with Gasteiger partial charge in [0.05, 0.1) is 5.92 Å². The van der Waals surface area contributed by atoms with Gasteiger partial charge in [-0.05, 0) is 12.8 Å². The maximum Gasteiger partial charge on any atom is 0.358 e. The van der Waals surface area contributed by atoms with Crippen LogP contribution in [0, 0.1) is 5.92 Å². The van der Waals surface area contributed by atoms with Gasteiger partial charge in [0.2, 0.25) is 0 Å². The molecule has 0 heterocycles. The molecule has 0 aromatic carbocycles. The van der Waals surface area contributed by atoms with E-state index in [-0.39, 0.29) is 5.92 Å². The molecule has 0 spiro atoms. The second kappa shape index (κ2) is 12.9. The van der Waals surface area contributed by atoms with Crippen molar-refractivity contribution in [2.45, 2.75) is 90.9 Å². The molecule has 107 valence electrons. The monoisotopic (exact) mass is 255 g/mol. The van der Waals surface area contributed by atoms with Crippen molar-refractivity contribution in [1.82, 2.24) is 0 Å². The second-order valence-corrected chi connectivity index (χ2v) is 5.42. The summed E-state index contributed by atoms with van der Waals surface area (Å²) in [5.41, 5.74) is 0. The van der Waals surface area contributed by atoms with Crippen molar-refractivity contribution < 1.29 is 9.90 Å². The molecule has 0 saturated heterocycles. The minimum absolute atomic E-state index is 0.201. The molecule has 1 radical (unpaired) electrons. The summed E-state index contributed by atoms with van der Waals surface area (Å²) in [6.07, 6.45) is 13.6. The molecule has 0 bridgehead atoms. The van der Waals surface area contributed by atoms with Gasteiger partial charge in [0.15, 0.2) is 0 Å². The predicted molar refractivity (Wildman–Crippen MR) is 75.9 cm³/mol. The highest BCUT2D eigenvalue weighted by Gasteiger charge is 2.17. The Morgan fingerprint density at radius 2 is 1.11 bits per heavy atom. The third-order valence-corrected chi connectivity index (χ3v) is 3.65. The van der Waals surface area contributed by atoms with Gasteiger partial charge in [-0.25, -0.2) is 9.90 Å². The lowest BCUT2D eigenvalue weighted by Gasteiger charge is -2.10. The second-order valence-electron chi connectivity index (χ2n) is 5.42. The molecular weight excluding hydrogens is 224 g/mol. The summed E-state index contributed by atoms with van der Waals surface area (Å²) in [4.78, 5) is 11.0. The molecule has 1 atom stereocenters. The predicted octanol–water partition coefficient (Wildman–Crippen LogP) is 5.28. The molecule has 0 aliphatic carbocycles. The van der Waals surface area contributed by atoms with E-state index in [4.69, 9.17) is 0 Å². The lowest BCUT2D eigenvalue weighted by Crippen LogP contribution is -2.12. The van der Waals surface area contributed by atoms with Crippen molar-refractivity contribution in [2.75, 3.05) is 0 Å². The molecule has 0 fully saturated rings. The molecule has 0 aromatic rings. The first-order valence-electron chi connectivity index (χ1n) is 7.93. The van der Waals surface area contributed by atoms with E-state index in [9.17, 15) is 9.90 Å². The van der Waals surface area contributed by atoms with E-state index in [1.807, 2.05) is 0 Å². The Balaban J connectivity index is 3.54. The fraction of sp³-hybridized carbons (Fsp3) is 0.938. The summed E-state index contributed by atoms with van der Waals surface area (Å²) in [6, 6.07) is 0. The zero-order chi connectivity index (χ0) is 13.6. The van der Waals surface area contributed by atoms with Crippen molar-refractivity contribution in [3.63, 3.8) is 0 Å². The minimum Gasteiger partial charge on any atom is -0.247 e. The Hall–Kier alpha value is -0.530. The number of rotatable bonds is 13. The third-order valence-electron chi connectivity index (χ3n) is 3.65. The number of hydrogen-bond donors (Lipinski definition) is 0. The summed E-state index contributed by atoms with van der Waals surface area (Å²) in [5.74, 6) is -1.03. The Bertz CT molecular complexity index is 190. The zero-order valence-electron chi connectivity index (χ0n) is 12.4.